The van der Waals surface area contributed by atoms with E-state index in [9.17, 15) is 4.79 Å². The van der Waals surface area contributed by atoms with Crippen LogP contribution < -0.4 is 10.6 Å². The first-order chi connectivity index (χ1) is 9.24. The summed E-state index contributed by atoms with van der Waals surface area (Å²) in [5.41, 5.74) is 1.11. The third-order valence-electron chi connectivity index (χ3n) is 3.46. The van der Waals surface area contributed by atoms with Gasteiger partial charge < -0.3 is 10.6 Å². The summed E-state index contributed by atoms with van der Waals surface area (Å²) in [6.07, 6.45) is 2.03. The van der Waals surface area contributed by atoms with Gasteiger partial charge in [-0.15, -0.1) is 0 Å². The summed E-state index contributed by atoms with van der Waals surface area (Å²) in [6, 6.07) is 7.80. The third-order valence-corrected chi connectivity index (χ3v) is 3.80. The van der Waals surface area contributed by atoms with Gasteiger partial charge >= 0.3 is 0 Å². The molecule has 2 atom stereocenters. The summed E-state index contributed by atoms with van der Waals surface area (Å²) in [5, 5.41) is 7.01. The Kier molecular flexibility index (Phi) is 5.23. The van der Waals surface area contributed by atoms with Crippen molar-refractivity contribution >= 4 is 17.5 Å². The normalized spacial score (nSPS) is 21.2. The summed E-state index contributed by atoms with van der Waals surface area (Å²) < 4.78 is 0. The molecule has 0 bridgehead atoms. The smallest absolute Gasteiger partial charge is 0.223 e. The summed E-state index contributed by atoms with van der Waals surface area (Å²) in [7, 11) is 0. The Balaban J connectivity index is 1.73. The van der Waals surface area contributed by atoms with Crippen molar-refractivity contribution in [1.82, 2.24) is 10.6 Å². The van der Waals surface area contributed by atoms with E-state index in [4.69, 9.17) is 11.6 Å². The Morgan fingerprint density at radius 1 is 1.32 bits per heavy atom. The van der Waals surface area contributed by atoms with Crippen molar-refractivity contribution in [2.24, 2.45) is 5.92 Å². The molecular weight excluding hydrogens is 260 g/mol. The second-order valence-corrected chi connectivity index (χ2v) is 5.42. The molecule has 0 spiro atoms. The fourth-order valence-electron chi connectivity index (χ4n) is 2.31. The van der Waals surface area contributed by atoms with Crippen LogP contribution in [0.15, 0.2) is 24.3 Å². The Labute approximate surface area is 119 Å². The van der Waals surface area contributed by atoms with E-state index in [2.05, 4.69) is 17.6 Å². The molecule has 3 nitrogen and oxygen atoms in total. The zero-order valence-corrected chi connectivity index (χ0v) is 12.0. The van der Waals surface area contributed by atoms with Gasteiger partial charge in [-0.3, -0.25) is 4.79 Å². The van der Waals surface area contributed by atoms with Crippen LogP contribution in [-0.2, 0) is 4.79 Å². The van der Waals surface area contributed by atoms with Gasteiger partial charge in [0.05, 0.1) is 0 Å². The van der Waals surface area contributed by atoms with Gasteiger partial charge in [-0.2, -0.15) is 0 Å². The molecule has 0 aliphatic heterocycles. The van der Waals surface area contributed by atoms with Crippen molar-refractivity contribution in [2.45, 2.75) is 25.7 Å². The zero-order chi connectivity index (χ0) is 13.7. The molecule has 1 aromatic rings. The maximum Gasteiger partial charge on any atom is 0.223 e. The molecule has 2 rings (SSSR count). The first kappa shape index (κ1) is 14.4. The Morgan fingerprint density at radius 3 is 2.84 bits per heavy atom. The first-order valence-electron chi connectivity index (χ1n) is 6.97. The van der Waals surface area contributed by atoms with Crippen LogP contribution in [-0.4, -0.2) is 25.5 Å². The van der Waals surface area contributed by atoms with Crippen molar-refractivity contribution < 1.29 is 4.79 Å². The van der Waals surface area contributed by atoms with E-state index in [0.29, 0.717) is 12.5 Å². The maximum absolute atomic E-state index is 12.0. The fraction of sp³-hybridized carbons (Fsp3) is 0.533. The second kappa shape index (κ2) is 6.92. The minimum absolute atomic E-state index is 0.103. The number of hydrogen-bond donors (Lipinski definition) is 2. The summed E-state index contributed by atoms with van der Waals surface area (Å²) in [6.45, 7) is 4.67. The van der Waals surface area contributed by atoms with Gasteiger partial charge in [0.25, 0.3) is 0 Å². The molecule has 0 heterocycles. The molecule has 1 saturated carbocycles. The van der Waals surface area contributed by atoms with Crippen LogP contribution in [0.1, 0.15) is 31.2 Å². The zero-order valence-electron chi connectivity index (χ0n) is 11.3. The van der Waals surface area contributed by atoms with Crippen molar-refractivity contribution in [3.63, 3.8) is 0 Å². The molecule has 0 radical (unpaired) electrons. The van der Waals surface area contributed by atoms with Crippen molar-refractivity contribution in [3.8, 4) is 0 Å². The highest BCUT2D eigenvalue weighted by atomic mass is 35.5. The Hall–Kier alpha value is -1.06. The van der Waals surface area contributed by atoms with Crippen LogP contribution in [0.5, 0.6) is 0 Å². The average molecular weight is 281 g/mol. The molecule has 1 fully saturated rings. The average Bonchev–Trinajstić information content (AvgIpc) is 3.19. The molecule has 2 unspecified atom stereocenters. The highest BCUT2D eigenvalue weighted by molar-refractivity contribution is 6.31. The van der Waals surface area contributed by atoms with E-state index in [0.717, 1.165) is 36.5 Å². The van der Waals surface area contributed by atoms with Crippen LogP contribution >= 0.6 is 11.6 Å². The van der Waals surface area contributed by atoms with Crippen molar-refractivity contribution in [3.05, 3.63) is 34.9 Å². The molecule has 1 aromatic carbocycles. The van der Waals surface area contributed by atoms with Crippen molar-refractivity contribution in [1.29, 1.82) is 0 Å². The van der Waals surface area contributed by atoms with Gasteiger partial charge in [-0.05, 0) is 36.9 Å². The largest absolute Gasteiger partial charge is 0.355 e. The molecule has 4 heteroatoms. The van der Waals surface area contributed by atoms with Crippen LogP contribution in [0, 0.1) is 5.92 Å². The Morgan fingerprint density at radius 2 is 2.11 bits per heavy atom. The number of hydrogen-bond acceptors (Lipinski definition) is 2. The lowest BCUT2D eigenvalue weighted by molar-refractivity contribution is -0.122. The molecular formula is C15H21ClN2O. The van der Waals surface area contributed by atoms with E-state index in [-0.39, 0.29) is 11.8 Å². The number of rotatable bonds is 7. The fourth-order valence-corrected chi connectivity index (χ4v) is 2.59. The lowest BCUT2D eigenvalue weighted by Crippen LogP contribution is -2.33. The molecule has 1 aliphatic rings. The van der Waals surface area contributed by atoms with E-state index < -0.39 is 0 Å². The lowest BCUT2D eigenvalue weighted by Gasteiger charge is -2.06. The first-order valence-corrected chi connectivity index (χ1v) is 7.34. The van der Waals surface area contributed by atoms with Crippen LogP contribution in [0.4, 0.5) is 0 Å². The minimum Gasteiger partial charge on any atom is -0.355 e. The standard InChI is InChI=1S/C15H21ClN2O/c1-2-7-17-8-9-18-15(19)13-10-12(13)11-5-3-4-6-14(11)16/h3-6,12-13,17H,2,7-10H2,1H3,(H,18,19). The number of carbonyl (C=O) groups excluding carboxylic acids is 1. The number of nitrogens with one attached hydrogen (secondary N) is 2. The summed E-state index contributed by atoms with van der Waals surface area (Å²) >= 11 is 6.15. The number of benzene rings is 1. The SMILES string of the molecule is CCCNCCNC(=O)C1CC1c1ccccc1Cl. The predicted molar refractivity (Wildman–Crippen MR) is 78.5 cm³/mol. The highest BCUT2D eigenvalue weighted by Crippen LogP contribution is 2.49. The molecule has 2 N–H and O–H groups in total. The van der Waals surface area contributed by atoms with Crippen LogP contribution in [0.3, 0.4) is 0 Å². The Bertz CT molecular complexity index is 436. The molecule has 0 aromatic heterocycles. The minimum atomic E-state index is 0.103. The lowest BCUT2D eigenvalue weighted by atomic mass is 10.1. The molecule has 104 valence electrons. The molecule has 19 heavy (non-hydrogen) atoms. The van der Waals surface area contributed by atoms with Crippen LogP contribution in [0.2, 0.25) is 5.02 Å². The number of carbonyl (C=O) groups is 1. The second-order valence-electron chi connectivity index (χ2n) is 5.01. The van der Waals surface area contributed by atoms with E-state index >= 15 is 0 Å². The molecule has 0 saturated heterocycles. The number of halogens is 1. The molecule has 1 amide bonds. The monoisotopic (exact) mass is 280 g/mol. The van der Waals surface area contributed by atoms with Crippen LogP contribution in [0.25, 0.3) is 0 Å². The van der Waals surface area contributed by atoms with Gasteiger partial charge in [-0.25, -0.2) is 0 Å². The number of amides is 1. The van der Waals surface area contributed by atoms with Gasteiger partial charge in [0.15, 0.2) is 0 Å². The third kappa shape index (κ3) is 3.95. The maximum atomic E-state index is 12.0. The van der Waals surface area contributed by atoms with Crippen molar-refractivity contribution in [2.75, 3.05) is 19.6 Å². The summed E-state index contributed by atoms with van der Waals surface area (Å²) in [4.78, 5) is 12.0. The van der Waals surface area contributed by atoms with E-state index in [1.165, 1.54) is 0 Å². The molecule has 1 aliphatic carbocycles. The quantitative estimate of drug-likeness (QED) is 0.754. The van der Waals surface area contributed by atoms with Gasteiger partial charge in [0, 0.05) is 24.0 Å². The highest BCUT2D eigenvalue weighted by Gasteiger charge is 2.44. The van der Waals surface area contributed by atoms with E-state index in [1.54, 1.807) is 0 Å². The van der Waals surface area contributed by atoms with Gasteiger partial charge in [-0.1, -0.05) is 36.7 Å². The van der Waals surface area contributed by atoms with Gasteiger partial charge in [0.2, 0.25) is 5.91 Å². The predicted octanol–water partition coefficient (Wildman–Crippen LogP) is 2.56. The topological polar surface area (TPSA) is 41.1 Å². The summed E-state index contributed by atoms with van der Waals surface area (Å²) in [5.74, 6) is 0.562. The van der Waals surface area contributed by atoms with Gasteiger partial charge in [0.1, 0.15) is 0 Å². The van der Waals surface area contributed by atoms with E-state index in [1.807, 2.05) is 24.3 Å².